The molecule has 27 heavy (non-hydrogen) atoms. The van der Waals surface area contributed by atoms with Crippen LogP contribution in [0.4, 0.5) is 0 Å². The molecule has 0 N–H and O–H groups in total. The van der Waals surface area contributed by atoms with Crippen molar-refractivity contribution >= 4 is 41.0 Å². The van der Waals surface area contributed by atoms with Gasteiger partial charge < -0.3 is 0 Å². The van der Waals surface area contributed by atoms with E-state index < -0.39 is 18.4 Å². The predicted molar refractivity (Wildman–Crippen MR) is 125 cm³/mol. The molecule has 0 radical (unpaired) electrons. The third kappa shape index (κ3) is 14.6. The van der Waals surface area contributed by atoms with Crippen LogP contribution in [0.2, 0.25) is 13.3 Å². The van der Waals surface area contributed by atoms with Gasteiger partial charge in [-0.25, -0.2) is 0 Å². The van der Waals surface area contributed by atoms with Crippen LogP contribution in [0, 0.1) is 0 Å². The first-order chi connectivity index (χ1) is 12.7. The van der Waals surface area contributed by atoms with Gasteiger partial charge in [0, 0.05) is 0 Å². The summed E-state index contributed by atoms with van der Waals surface area (Å²) in [5, 5.41) is -0.0384. The predicted octanol–water partition coefficient (Wildman–Crippen LogP) is 7.50. The third-order valence-electron chi connectivity index (χ3n) is 4.67. The van der Waals surface area contributed by atoms with E-state index in [1.807, 2.05) is 26.8 Å². The minimum atomic E-state index is -2.26. The zero-order valence-electron chi connectivity index (χ0n) is 18.6. The topological polar surface area (TPSA) is 34.1 Å². The number of carbonyl (C=O) groups excluding carboxylic acids is 2. The van der Waals surface area contributed by atoms with Crippen LogP contribution in [0.25, 0.3) is 0 Å². The molecule has 0 aliphatic heterocycles. The van der Waals surface area contributed by atoms with E-state index in [9.17, 15) is 9.59 Å². The van der Waals surface area contributed by atoms with E-state index in [2.05, 4.69) is 30.9 Å². The van der Waals surface area contributed by atoms with Gasteiger partial charge in [0.25, 0.3) is 0 Å². The molecule has 0 bridgehead atoms. The summed E-state index contributed by atoms with van der Waals surface area (Å²) in [6, 6.07) is 0. The Bertz CT molecular complexity index is 467. The SMILES string of the molecule is CCC[CH2][Sn](/[CH]=C/C=C/C(=O)CC(=O)SC(C)(C)C)([CH2]CCC)[CH2]CCC. The Labute approximate surface area is 176 Å². The summed E-state index contributed by atoms with van der Waals surface area (Å²) < 4.78 is 6.72. The molecule has 0 aliphatic rings. The van der Waals surface area contributed by atoms with Gasteiger partial charge in [0.15, 0.2) is 0 Å². The van der Waals surface area contributed by atoms with Crippen molar-refractivity contribution in [3.8, 4) is 0 Å². The molecule has 0 fully saturated rings. The Morgan fingerprint density at radius 1 is 0.852 bits per heavy atom. The van der Waals surface area contributed by atoms with E-state index in [-0.39, 0.29) is 22.1 Å². The van der Waals surface area contributed by atoms with Gasteiger partial charge in [0.05, 0.1) is 0 Å². The van der Waals surface area contributed by atoms with Gasteiger partial charge in [-0.05, 0) is 0 Å². The fraction of sp³-hybridized carbons (Fsp3) is 0.739. The molecule has 0 rings (SSSR count). The van der Waals surface area contributed by atoms with Crippen LogP contribution in [0.5, 0.6) is 0 Å². The molecule has 0 spiro atoms. The summed E-state index contributed by atoms with van der Waals surface area (Å²) in [5.74, 6) is -0.0853. The van der Waals surface area contributed by atoms with Crippen LogP contribution in [-0.4, -0.2) is 34.0 Å². The van der Waals surface area contributed by atoms with Gasteiger partial charge in [0.2, 0.25) is 0 Å². The molecule has 0 unspecified atom stereocenters. The van der Waals surface area contributed by atoms with Gasteiger partial charge in [0.1, 0.15) is 0 Å². The molecule has 0 heterocycles. The monoisotopic (exact) mass is 502 g/mol. The van der Waals surface area contributed by atoms with E-state index in [0.29, 0.717) is 0 Å². The first-order valence-electron chi connectivity index (χ1n) is 10.8. The van der Waals surface area contributed by atoms with Gasteiger partial charge in [-0.1, -0.05) is 0 Å². The normalized spacial score (nSPS) is 13.0. The molecular formula is C23H42O2SSn. The molecule has 156 valence electrons. The van der Waals surface area contributed by atoms with Crippen LogP contribution in [0.1, 0.15) is 86.5 Å². The molecule has 4 heteroatoms. The molecule has 0 amide bonds. The number of carbonyl (C=O) groups is 2. The van der Waals surface area contributed by atoms with Crippen molar-refractivity contribution in [2.45, 2.75) is 105 Å². The Hall–Kier alpha value is -0.0313. The number of rotatable bonds is 14. The number of unbranched alkanes of at least 4 members (excludes halogenated alkanes) is 3. The number of hydrogen-bond acceptors (Lipinski definition) is 3. The van der Waals surface area contributed by atoms with Crippen LogP contribution >= 0.6 is 11.8 Å². The average molecular weight is 501 g/mol. The van der Waals surface area contributed by atoms with Crippen molar-refractivity contribution in [2.75, 3.05) is 0 Å². The summed E-state index contributed by atoms with van der Waals surface area (Å²) in [4.78, 5) is 24.0. The van der Waals surface area contributed by atoms with Crippen molar-refractivity contribution in [1.29, 1.82) is 0 Å². The second kappa shape index (κ2) is 14.9. The van der Waals surface area contributed by atoms with Gasteiger partial charge in [-0.15, -0.1) is 0 Å². The van der Waals surface area contributed by atoms with Gasteiger partial charge in [-0.3, -0.25) is 0 Å². The van der Waals surface area contributed by atoms with Crippen LogP contribution < -0.4 is 0 Å². The zero-order valence-corrected chi connectivity index (χ0v) is 22.3. The van der Waals surface area contributed by atoms with Gasteiger partial charge in [-0.2, -0.15) is 0 Å². The summed E-state index contributed by atoms with van der Waals surface area (Å²) in [7, 11) is 0. The standard InChI is InChI=1S/C11H15O2S.3C4H9.Sn/c1-5-6-7-9(12)8-10(13)14-11(2,3)4;3*1-3-4-2;/h1,5-7H,8H2,2-4H3;3*1,3-4H2,2H3;/b5-1?,7-6+;;;;. The van der Waals surface area contributed by atoms with Crippen LogP contribution in [-0.2, 0) is 9.59 Å². The number of allylic oxidation sites excluding steroid dienone is 3. The molecule has 0 aromatic heterocycles. The van der Waals surface area contributed by atoms with Crippen LogP contribution in [0.15, 0.2) is 22.3 Å². The average Bonchev–Trinajstić information content (AvgIpc) is 2.57. The Morgan fingerprint density at radius 3 is 1.74 bits per heavy atom. The fourth-order valence-electron chi connectivity index (χ4n) is 3.21. The van der Waals surface area contributed by atoms with E-state index in [4.69, 9.17) is 0 Å². The zero-order chi connectivity index (χ0) is 20.8. The first-order valence-corrected chi connectivity index (χ1v) is 19.3. The second-order valence-electron chi connectivity index (χ2n) is 8.62. The number of hydrogen-bond donors (Lipinski definition) is 0. The summed E-state index contributed by atoms with van der Waals surface area (Å²) in [5.41, 5.74) is 0. The molecule has 0 saturated carbocycles. The summed E-state index contributed by atoms with van der Waals surface area (Å²) >= 11 is -1.01. The molecule has 0 aromatic rings. The van der Waals surface area contributed by atoms with Crippen molar-refractivity contribution < 1.29 is 9.59 Å². The summed E-state index contributed by atoms with van der Waals surface area (Å²) in [6.45, 7) is 12.8. The fourth-order valence-corrected chi connectivity index (χ4v) is 18.2. The molecular weight excluding hydrogens is 459 g/mol. The van der Waals surface area contributed by atoms with Crippen molar-refractivity contribution in [3.63, 3.8) is 0 Å². The quantitative estimate of drug-likeness (QED) is 0.107. The molecule has 0 aromatic carbocycles. The first kappa shape index (κ1) is 27.0. The molecule has 0 atom stereocenters. The summed E-state index contributed by atoms with van der Waals surface area (Å²) in [6.07, 6.45) is 13.4. The maximum absolute atomic E-state index is 12.0. The van der Waals surface area contributed by atoms with E-state index in [1.54, 1.807) is 6.08 Å². The van der Waals surface area contributed by atoms with Crippen molar-refractivity contribution in [2.24, 2.45) is 0 Å². The number of thioether (sulfide) groups is 1. The maximum atomic E-state index is 12.0. The van der Waals surface area contributed by atoms with Crippen molar-refractivity contribution in [3.05, 3.63) is 22.3 Å². The minimum absolute atomic E-state index is 0.00219. The van der Waals surface area contributed by atoms with E-state index in [1.165, 1.54) is 63.6 Å². The second-order valence-corrected chi connectivity index (χ2v) is 23.5. The van der Waals surface area contributed by atoms with Crippen LogP contribution in [0.3, 0.4) is 0 Å². The van der Waals surface area contributed by atoms with E-state index in [0.717, 1.165) is 0 Å². The van der Waals surface area contributed by atoms with Gasteiger partial charge >= 0.3 is 177 Å². The Kier molecular flexibility index (Phi) is 14.9. The Morgan fingerprint density at radius 2 is 1.33 bits per heavy atom. The molecule has 2 nitrogen and oxygen atoms in total. The van der Waals surface area contributed by atoms with Crippen molar-refractivity contribution in [1.82, 2.24) is 0 Å². The van der Waals surface area contributed by atoms with E-state index >= 15 is 0 Å². The third-order valence-corrected chi connectivity index (χ3v) is 19.8. The molecule has 0 aliphatic carbocycles. The number of ketones is 1. The Balaban J connectivity index is 4.91. The molecule has 0 saturated heterocycles.